The van der Waals surface area contributed by atoms with Gasteiger partial charge < -0.3 is 10.1 Å². The van der Waals surface area contributed by atoms with Gasteiger partial charge in [0.05, 0.1) is 17.7 Å². The maximum atomic E-state index is 13.0. The second-order valence-electron chi connectivity index (χ2n) is 4.63. The van der Waals surface area contributed by atoms with Crippen LogP contribution in [0.4, 0.5) is 13.2 Å². The van der Waals surface area contributed by atoms with Crippen LogP contribution in [0.1, 0.15) is 36.4 Å². The van der Waals surface area contributed by atoms with E-state index in [0.29, 0.717) is 6.61 Å². The Morgan fingerprint density at radius 1 is 1.42 bits per heavy atom. The Balaban J connectivity index is 2.32. The molecular weight excluding hydrogens is 257 g/mol. The van der Waals surface area contributed by atoms with Gasteiger partial charge in [0.1, 0.15) is 0 Å². The SMILES string of the molecule is CNC(c1cnccc1C(F)(F)F)C1CCCCO1. The van der Waals surface area contributed by atoms with Gasteiger partial charge in [-0.25, -0.2) is 0 Å². The summed E-state index contributed by atoms with van der Waals surface area (Å²) < 4.78 is 44.6. The van der Waals surface area contributed by atoms with E-state index in [4.69, 9.17) is 4.74 Å². The van der Waals surface area contributed by atoms with Crippen LogP contribution in [0.5, 0.6) is 0 Å². The van der Waals surface area contributed by atoms with Crippen molar-refractivity contribution in [1.29, 1.82) is 0 Å². The predicted molar refractivity (Wildman–Crippen MR) is 64.6 cm³/mol. The second kappa shape index (κ2) is 5.88. The number of nitrogens with one attached hydrogen (secondary N) is 1. The van der Waals surface area contributed by atoms with Gasteiger partial charge in [0.25, 0.3) is 0 Å². The number of pyridine rings is 1. The summed E-state index contributed by atoms with van der Waals surface area (Å²) in [4.78, 5) is 3.83. The summed E-state index contributed by atoms with van der Waals surface area (Å²) >= 11 is 0. The molecule has 3 nitrogen and oxygen atoms in total. The molecule has 0 saturated carbocycles. The third-order valence-electron chi connectivity index (χ3n) is 3.39. The molecule has 0 radical (unpaired) electrons. The van der Waals surface area contributed by atoms with Crippen LogP contribution in [0.2, 0.25) is 0 Å². The number of aromatic nitrogens is 1. The highest BCUT2D eigenvalue weighted by Gasteiger charge is 2.37. The largest absolute Gasteiger partial charge is 0.416 e. The van der Waals surface area contributed by atoms with Gasteiger partial charge in [0.2, 0.25) is 0 Å². The Hall–Kier alpha value is -1.14. The van der Waals surface area contributed by atoms with Crippen molar-refractivity contribution in [2.75, 3.05) is 13.7 Å². The van der Waals surface area contributed by atoms with Crippen LogP contribution >= 0.6 is 0 Å². The van der Waals surface area contributed by atoms with E-state index in [-0.39, 0.29) is 11.7 Å². The minimum absolute atomic E-state index is 0.157. The fourth-order valence-electron chi connectivity index (χ4n) is 2.48. The van der Waals surface area contributed by atoms with Crippen LogP contribution in [0.15, 0.2) is 18.5 Å². The van der Waals surface area contributed by atoms with E-state index < -0.39 is 17.8 Å². The molecule has 106 valence electrons. The average Bonchev–Trinajstić information content (AvgIpc) is 2.40. The molecule has 0 bridgehead atoms. The summed E-state index contributed by atoms with van der Waals surface area (Å²) in [6, 6.07) is 0.535. The van der Waals surface area contributed by atoms with Crippen LogP contribution in [0.3, 0.4) is 0 Å². The highest BCUT2D eigenvalue weighted by molar-refractivity contribution is 5.30. The molecule has 1 aliphatic rings. The van der Waals surface area contributed by atoms with Crippen LogP contribution in [0, 0.1) is 0 Å². The zero-order valence-electron chi connectivity index (χ0n) is 10.7. The van der Waals surface area contributed by atoms with Crippen LogP contribution in [-0.4, -0.2) is 24.7 Å². The Labute approximate surface area is 110 Å². The number of halogens is 3. The number of hydrogen-bond acceptors (Lipinski definition) is 3. The smallest absolute Gasteiger partial charge is 0.376 e. The van der Waals surface area contributed by atoms with Crippen molar-refractivity contribution in [2.24, 2.45) is 0 Å². The maximum absolute atomic E-state index is 13.0. The molecule has 1 aromatic heterocycles. The molecule has 1 aliphatic heterocycles. The molecular formula is C13H17F3N2O. The lowest BCUT2D eigenvalue weighted by Gasteiger charge is -2.31. The molecule has 0 aliphatic carbocycles. The fourth-order valence-corrected chi connectivity index (χ4v) is 2.48. The molecule has 2 atom stereocenters. The summed E-state index contributed by atoms with van der Waals surface area (Å²) in [5.74, 6) is 0. The average molecular weight is 274 g/mol. The molecule has 2 unspecified atom stereocenters. The topological polar surface area (TPSA) is 34.2 Å². The molecule has 1 N–H and O–H groups in total. The normalized spacial score (nSPS) is 22.2. The molecule has 1 aromatic rings. The van der Waals surface area contributed by atoms with Crippen LogP contribution in [-0.2, 0) is 10.9 Å². The summed E-state index contributed by atoms with van der Waals surface area (Å²) in [7, 11) is 1.65. The Kier molecular flexibility index (Phi) is 4.42. The van der Waals surface area contributed by atoms with Crippen molar-refractivity contribution in [3.63, 3.8) is 0 Å². The van der Waals surface area contributed by atoms with E-state index in [0.717, 1.165) is 25.3 Å². The lowest BCUT2D eigenvalue weighted by molar-refractivity contribution is -0.139. The molecule has 1 saturated heterocycles. The van der Waals surface area contributed by atoms with Crippen molar-refractivity contribution in [1.82, 2.24) is 10.3 Å². The lowest BCUT2D eigenvalue weighted by atomic mass is 9.93. The van der Waals surface area contributed by atoms with E-state index in [9.17, 15) is 13.2 Å². The van der Waals surface area contributed by atoms with Crippen LogP contribution < -0.4 is 5.32 Å². The second-order valence-corrected chi connectivity index (χ2v) is 4.63. The number of ether oxygens (including phenoxy) is 1. The zero-order valence-corrected chi connectivity index (χ0v) is 10.7. The third kappa shape index (κ3) is 3.25. The van der Waals surface area contributed by atoms with Crippen molar-refractivity contribution in [3.05, 3.63) is 29.6 Å². The van der Waals surface area contributed by atoms with E-state index in [1.807, 2.05) is 0 Å². The molecule has 0 aromatic carbocycles. The van der Waals surface area contributed by atoms with Gasteiger partial charge in [-0.2, -0.15) is 13.2 Å². The first-order valence-corrected chi connectivity index (χ1v) is 6.34. The van der Waals surface area contributed by atoms with Gasteiger partial charge in [0, 0.05) is 24.6 Å². The minimum Gasteiger partial charge on any atom is -0.376 e. The molecule has 1 fully saturated rings. The number of rotatable bonds is 3. The molecule has 6 heteroatoms. The van der Waals surface area contributed by atoms with Crippen molar-refractivity contribution in [3.8, 4) is 0 Å². The highest BCUT2D eigenvalue weighted by atomic mass is 19.4. The zero-order chi connectivity index (χ0) is 13.9. The maximum Gasteiger partial charge on any atom is 0.416 e. The predicted octanol–water partition coefficient (Wildman–Crippen LogP) is 2.93. The Morgan fingerprint density at radius 3 is 2.79 bits per heavy atom. The van der Waals surface area contributed by atoms with E-state index in [2.05, 4.69) is 10.3 Å². The van der Waals surface area contributed by atoms with Gasteiger partial charge >= 0.3 is 6.18 Å². The quantitative estimate of drug-likeness (QED) is 0.920. The summed E-state index contributed by atoms with van der Waals surface area (Å²) in [5, 5.41) is 2.94. The van der Waals surface area contributed by atoms with E-state index in [1.165, 1.54) is 12.4 Å². The number of alkyl halides is 3. The van der Waals surface area contributed by atoms with E-state index in [1.54, 1.807) is 7.05 Å². The van der Waals surface area contributed by atoms with Gasteiger partial charge in [-0.05, 0) is 32.4 Å². The van der Waals surface area contributed by atoms with E-state index >= 15 is 0 Å². The van der Waals surface area contributed by atoms with Gasteiger partial charge in [-0.1, -0.05) is 0 Å². The molecule has 0 spiro atoms. The van der Waals surface area contributed by atoms with Crippen molar-refractivity contribution < 1.29 is 17.9 Å². The first-order valence-electron chi connectivity index (χ1n) is 6.34. The summed E-state index contributed by atoms with van der Waals surface area (Å²) in [6.07, 6.45) is 0.544. The Morgan fingerprint density at radius 2 is 2.21 bits per heavy atom. The summed E-state index contributed by atoms with van der Waals surface area (Å²) in [6.45, 7) is 0.602. The number of hydrogen-bond donors (Lipinski definition) is 1. The fraction of sp³-hybridized carbons (Fsp3) is 0.615. The van der Waals surface area contributed by atoms with Crippen LogP contribution in [0.25, 0.3) is 0 Å². The highest BCUT2D eigenvalue weighted by Crippen LogP contribution is 2.36. The first kappa shape index (κ1) is 14.3. The molecule has 0 amide bonds. The lowest BCUT2D eigenvalue weighted by Crippen LogP contribution is -2.35. The summed E-state index contributed by atoms with van der Waals surface area (Å²) in [5.41, 5.74) is -0.486. The van der Waals surface area contributed by atoms with Gasteiger partial charge in [-0.3, -0.25) is 4.98 Å². The molecule has 2 heterocycles. The monoisotopic (exact) mass is 274 g/mol. The third-order valence-corrected chi connectivity index (χ3v) is 3.39. The van der Waals surface area contributed by atoms with Crippen molar-refractivity contribution in [2.45, 2.75) is 37.6 Å². The van der Waals surface area contributed by atoms with Crippen molar-refractivity contribution >= 4 is 0 Å². The molecule has 19 heavy (non-hydrogen) atoms. The number of nitrogens with zero attached hydrogens (tertiary/aromatic N) is 1. The van der Waals surface area contributed by atoms with Gasteiger partial charge in [-0.15, -0.1) is 0 Å². The number of likely N-dealkylation sites (N-methyl/N-ethyl adjacent to an activating group) is 1. The standard InChI is InChI=1S/C13H17F3N2O/c1-17-12(11-4-2-3-7-19-11)9-8-18-6-5-10(9)13(14,15)16/h5-6,8,11-12,17H,2-4,7H2,1H3. The Bertz CT molecular complexity index is 417. The van der Waals surface area contributed by atoms with Gasteiger partial charge in [0.15, 0.2) is 0 Å². The minimum atomic E-state index is -4.37. The molecule has 2 rings (SSSR count). The first-order chi connectivity index (χ1) is 9.04.